The van der Waals surface area contributed by atoms with Gasteiger partial charge in [0.25, 0.3) is 0 Å². The third-order valence-corrected chi connectivity index (χ3v) is 4.89. The number of hydrogen-bond acceptors (Lipinski definition) is 1. The maximum atomic E-state index is 6.32. The van der Waals surface area contributed by atoms with Crippen LogP contribution in [0.3, 0.4) is 0 Å². The van der Waals surface area contributed by atoms with Crippen molar-refractivity contribution in [3.8, 4) is 0 Å². The second-order valence-electron chi connectivity index (χ2n) is 6.37. The summed E-state index contributed by atoms with van der Waals surface area (Å²) in [6.45, 7) is 0.813. The van der Waals surface area contributed by atoms with Crippen molar-refractivity contribution in [1.82, 2.24) is 0 Å². The molecule has 26 heavy (non-hydrogen) atoms. The molecule has 1 aromatic heterocycles. The monoisotopic (exact) mass is 359 g/mol. The van der Waals surface area contributed by atoms with Crippen LogP contribution in [0.1, 0.15) is 5.56 Å². The van der Waals surface area contributed by atoms with Crippen LogP contribution < -0.4 is 9.47 Å². The van der Waals surface area contributed by atoms with Crippen LogP contribution in [0.2, 0.25) is 5.02 Å². The molecule has 0 amide bonds. The summed E-state index contributed by atoms with van der Waals surface area (Å²) < 4.78 is 2.25. The lowest BCUT2D eigenvalue weighted by Gasteiger charge is -2.20. The van der Waals surface area contributed by atoms with Gasteiger partial charge < -0.3 is 4.90 Å². The molecule has 0 spiro atoms. The Labute approximate surface area is 158 Å². The number of nitrogens with zero attached hydrogens (tertiary/aromatic N) is 2. The van der Waals surface area contributed by atoms with Crippen molar-refractivity contribution in [2.75, 3.05) is 11.9 Å². The Bertz CT molecular complexity index is 1030. The Kier molecular flexibility index (Phi) is 4.59. The van der Waals surface area contributed by atoms with E-state index in [1.165, 1.54) is 10.9 Å². The molecule has 0 aliphatic heterocycles. The number of benzene rings is 3. The molecule has 0 N–H and O–H groups in total. The molecular weight excluding hydrogens is 340 g/mol. The maximum Gasteiger partial charge on any atom is 0.216 e. The first-order valence-electron chi connectivity index (χ1n) is 8.67. The van der Waals surface area contributed by atoms with E-state index in [0.29, 0.717) is 0 Å². The van der Waals surface area contributed by atoms with Gasteiger partial charge in [-0.1, -0.05) is 60.1 Å². The normalized spacial score (nSPS) is 10.8. The quantitative estimate of drug-likeness (QED) is 0.430. The number of rotatable bonds is 4. The fourth-order valence-electron chi connectivity index (χ4n) is 3.29. The summed E-state index contributed by atoms with van der Waals surface area (Å²) in [6.07, 6.45) is 2.14. The summed E-state index contributed by atoms with van der Waals surface area (Å²) in [7, 11) is 2.10. The van der Waals surface area contributed by atoms with Crippen LogP contribution in [0.25, 0.3) is 10.9 Å². The number of halogens is 1. The molecule has 0 unspecified atom stereocenters. The number of hydrogen-bond donors (Lipinski definition) is 0. The molecule has 4 aromatic rings. The highest BCUT2D eigenvalue weighted by atomic mass is 35.5. The third kappa shape index (κ3) is 3.29. The van der Waals surface area contributed by atoms with Crippen LogP contribution in [-0.2, 0) is 6.54 Å². The molecule has 0 atom stereocenters. The standard InChI is InChI=1S/C23H20ClN2/c1-25(20-10-6-3-7-11-20)22-14-15-26(17-18-8-4-2-5-9-18)23-16-19(24)12-13-21(22)23/h2-16H,17H2,1H3/q+1. The Morgan fingerprint density at radius 3 is 2.27 bits per heavy atom. The zero-order chi connectivity index (χ0) is 17.9. The van der Waals surface area contributed by atoms with Crippen LogP contribution in [0.5, 0.6) is 0 Å². The number of fused-ring (bicyclic) bond motifs is 1. The van der Waals surface area contributed by atoms with Crippen LogP contribution in [0.15, 0.2) is 91.1 Å². The van der Waals surface area contributed by atoms with Gasteiger partial charge in [0.05, 0.1) is 11.1 Å². The molecule has 1 heterocycles. The summed E-state index contributed by atoms with van der Waals surface area (Å²) in [6, 6.07) is 29.1. The van der Waals surface area contributed by atoms with E-state index in [1.807, 2.05) is 24.3 Å². The van der Waals surface area contributed by atoms with Gasteiger partial charge in [0.1, 0.15) is 0 Å². The lowest BCUT2D eigenvalue weighted by molar-refractivity contribution is -0.662. The molecule has 2 nitrogen and oxygen atoms in total. The van der Waals surface area contributed by atoms with E-state index < -0.39 is 0 Å². The van der Waals surface area contributed by atoms with Gasteiger partial charge in [-0.15, -0.1) is 0 Å². The van der Waals surface area contributed by atoms with Crippen molar-refractivity contribution in [1.29, 1.82) is 0 Å². The second kappa shape index (κ2) is 7.19. The van der Waals surface area contributed by atoms with Crippen LogP contribution >= 0.6 is 11.6 Å². The largest absolute Gasteiger partial charge is 0.344 e. The molecule has 128 valence electrons. The van der Waals surface area contributed by atoms with Gasteiger partial charge in [-0.05, 0) is 24.3 Å². The molecular formula is C23H20ClN2+. The third-order valence-electron chi connectivity index (χ3n) is 4.66. The molecule has 0 radical (unpaired) electrons. The lowest BCUT2D eigenvalue weighted by Crippen LogP contribution is -2.35. The Morgan fingerprint density at radius 1 is 0.846 bits per heavy atom. The smallest absolute Gasteiger partial charge is 0.216 e. The summed E-state index contributed by atoms with van der Waals surface area (Å²) in [5.74, 6) is 0. The SMILES string of the molecule is CN(c1ccccc1)c1cc[n+](Cc2ccccc2)c2cc(Cl)ccc12. The van der Waals surface area contributed by atoms with Crippen LogP contribution in [0, 0.1) is 0 Å². The van der Waals surface area contributed by atoms with E-state index in [4.69, 9.17) is 11.6 Å². The molecule has 3 aromatic carbocycles. The van der Waals surface area contributed by atoms with Crippen molar-refractivity contribution < 1.29 is 4.57 Å². The molecule has 0 saturated heterocycles. The van der Waals surface area contributed by atoms with Crippen molar-refractivity contribution in [3.05, 3.63) is 102 Å². The Hall–Kier alpha value is -2.84. The highest BCUT2D eigenvalue weighted by Crippen LogP contribution is 2.30. The summed E-state index contributed by atoms with van der Waals surface area (Å²) in [5.41, 5.74) is 4.71. The van der Waals surface area contributed by atoms with Gasteiger partial charge in [0.15, 0.2) is 12.7 Å². The molecule has 0 aliphatic rings. The topological polar surface area (TPSA) is 7.12 Å². The maximum absolute atomic E-state index is 6.32. The molecule has 4 rings (SSSR count). The molecule has 0 bridgehead atoms. The molecule has 0 fully saturated rings. The minimum absolute atomic E-state index is 0.749. The van der Waals surface area contributed by atoms with Crippen molar-refractivity contribution in [2.24, 2.45) is 0 Å². The zero-order valence-corrected chi connectivity index (χ0v) is 15.4. The molecule has 3 heteroatoms. The molecule has 0 saturated carbocycles. The van der Waals surface area contributed by atoms with Crippen LogP contribution in [0.4, 0.5) is 11.4 Å². The van der Waals surface area contributed by atoms with Crippen molar-refractivity contribution in [3.63, 3.8) is 0 Å². The predicted molar refractivity (Wildman–Crippen MR) is 109 cm³/mol. The van der Waals surface area contributed by atoms with E-state index >= 15 is 0 Å². The first kappa shape index (κ1) is 16.6. The van der Waals surface area contributed by atoms with Gasteiger partial charge in [-0.25, -0.2) is 0 Å². The zero-order valence-electron chi connectivity index (χ0n) is 14.6. The van der Waals surface area contributed by atoms with Gasteiger partial charge in [-0.3, -0.25) is 0 Å². The van der Waals surface area contributed by atoms with E-state index in [1.54, 1.807) is 0 Å². The average Bonchev–Trinajstić information content (AvgIpc) is 2.69. The number of pyridine rings is 1. The number of aromatic nitrogens is 1. The highest BCUT2D eigenvalue weighted by molar-refractivity contribution is 6.31. The van der Waals surface area contributed by atoms with Gasteiger partial charge in [-0.2, -0.15) is 4.57 Å². The minimum Gasteiger partial charge on any atom is -0.344 e. The van der Waals surface area contributed by atoms with E-state index in [2.05, 4.69) is 83.4 Å². The Morgan fingerprint density at radius 2 is 1.54 bits per heavy atom. The van der Waals surface area contributed by atoms with Gasteiger partial charge in [0.2, 0.25) is 5.52 Å². The molecule has 0 aliphatic carbocycles. The van der Waals surface area contributed by atoms with Crippen molar-refractivity contribution in [2.45, 2.75) is 6.54 Å². The fraction of sp³-hybridized carbons (Fsp3) is 0.0870. The summed E-state index contributed by atoms with van der Waals surface area (Å²) in [4.78, 5) is 2.21. The first-order chi connectivity index (χ1) is 12.7. The van der Waals surface area contributed by atoms with Crippen molar-refractivity contribution >= 4 is 33.9 Å². The summed E-state index contributed by atoms with van der Waals surface area (Å²) >= 11 is 6.32. The van der Waals surface area contributed by atoms with E-state index in [9.17, 15) is 0 Å². The highest BCUT2D eigenvalue weighted by Gasteiger charge is 2.17. The average molecular weight is 360 g/mol. The van der Waals surface area contributed by atoms with Gasteiger partial charge >= 0.3 is 0 Å². The fourth-order valence-corrected chi connectivity index (χ4v) is 3.46. The number of anilines is 2. The number of para-hydroxylation sites is 1. The van der Waals surface area contributed by atoms with Crippen LogP contribution in [-0.4, -0.2) is 7.05 Å². The van der Waals surface area contributed by atoms with E-state index in [0.717, 1.165) is 28.5 Å². The second-order valence-corrected chi connectivity index (χ2v) is 6.81. The minimum atomic E-state index is 0.749. The lowest BCUT2D eigenvalue weighted by atomic mass is 10.1. The predicted octanol–water partition coefficient (Wildman–Crippen LogP) is 5.60. The summed E-state index contributed by atoms with van der Waals surface area (Å²) in [5, 5.41) is 1.93. The van der Waals surface area contributed by atoms with Gasteiger partial charge in [0, 0.05) is 35.5 Å². The Balaban J connectivity index is 1.83. The first-order valence-corrected chi connectivity index (χ1v) is 9.04. The van der Waals surface area contributed by atoms with E-state index in [-0.39, 0.29) is 0 Å².